The summed E-state index contributed by atoms with van der Waals surface area (Å²) in [5, 5.41) is 12.0. The molecule has 1 aromatic carbocycles. The average Bonchev–Trinajstić information content (AvgIpc) is 3.29. The number of thiophene rings is 1. The molecule has 5 rings (SSSR count). The van der Waals surface area contributed by atoms with Crippen LogP contribution in [0, 0.1) is 0 Å². The van der Waals surface area contributed by atoms with Gasteiger partial charge in [0.15, 0.2) is 5.75 Å². The van der Waals surface area contributed by atoms with Crippen molar-refractivity contribution in [3.63, 3.8) is 0 Å². The number of carbonyl (C=O) groups excluding carboxylic acids is 1. The lowest BCUT2D eigenvalue weighted by atomic mass is 10.0. The van der Waals surface area contributed by atoms with E-state index in [2.05, 4.69) is 4.98 Å². The maximum atomic E-state index is 13.8. The number of hydrogen-bond donors (Lipinski definition) is 1. The Morgan fingerprint density at radius 3 is 2.88 bits per heavy atom. The molecule has 0 aliphatic carbocycles. The Labute approximate surface area is 193 Å². The van der Waals surface area contributed by atoms with Gasteiger partial charge in [-0.1, -0.05) is 17.7 Å². The van der Waals surface area contributed by atoms with E-state index in [1.165, 1.54) is 16.2 Å². The third-order valence-electron chi connectivity index (χ3n) is 5.63. The molecule has 6 nitrogen and oxygen atoms in total. The number of piperidine rings is 1. The highest BCUT2D eigenvalue weighted by Gasteiger charge is 2.30. The number of nitrogens with zero attached hydrogens (tertiary/aromatic N) is 2. The number of aromatic nitrogens is 1. The molecule has 1 saturated heterocycles. The van der Waals surface area contributed by atoms with Crippen LogP contribution in [0.25, 0.3) is 21.6 Å². The SMILES string of the molecule is O=C(c1ccc(-c2cc(-c3ccnc4c3OCCO4)cs2)c(Cl)c1)N1CCC(O)[C@H](F)C1. The molecule has 166 valence electrons. The van der Waals surface area contributed by atoms with E-state index < -0.39 is 12.3 Å². The topological polar surface area (TPSA) is 71.9 Å². The second kappa shape index (κ2) is 8.69. The third kappa shape index (κ3) is 3.94. The molecule has 2 aliphatic rings. The number of aliphatic hydroxyl groups excluding tert-OH is 1. The van der Waals surface area contributed by atoms with E-state index in [4.69, 9.17) is 21.1 Å². The Balaban J connectivity index is 1.39. The van der Waals surface area contributed by atoms with E-state index in [0.717, 1.165) is 21.6 Å². The number of carbonyl (C=O) groups is 1. The summed E-state index contributed by atoms with van der Waals surface area (Å²) in [6, 6.07) is 9.02. The van der Waals surface area contributed by atoms with Crippen molar-refractivity contribution in [1.82, 2.24) is 9.88 Å². The smallest absolute Gasteiger partial charge is 0.257 e. The van der Waals surface area contributed by atoms with Gasteiger partial charge in [-0.05, 0) is 41.6 Å². The van der Waals surface area contributed by atoms with Gasteiger partial charge < -0.3 is 19.5 Å². The van der Waals surface area contributed by atoms with Crippen LogP contribution in [0.4, 0.5) is 4.39 Å². The highest BCUT2D eigenvalue weighted by molar-refractivity contribution is 7.14. The molecule has 2 atom stereocenters. The largest absolute Gasteiger partial charge is 0.484 e. The van der Waals surface area contributed by atoms with Gasteiger partial charge in [0.1, 0.15) is 19.4 Å². The monoisotopic (exact) mass is 474 g/mol. The van der Waals surface area contributed by atoms with Crippen molar-refractivity contribution in [3.8, 4) is 33.2 Å². The minimum atomic E-state index is -1.43. The number of amides is 1. The molecule has 2 aliphatic heterocycles. The van der Waals surface area contributed by atoms with Gasteiger partial charge in [-0.15, -0.1) is 11.3 Å². The van der Waals surface area contributed by atoms with Gasteiger partial charge in [0, 0.05) is 34.3 Å². The third-order valence-corrected chi connectivity index (χ3v) is 6.90. The summed E-state index contributed by atoms with van der Waals surface area (Å²) in [5.41, 5.74) is 3.06. The summed E-state index contributed by atoms with van der Waals surface area (Å²) < 4.78 is 25.2. The molecule has 4 heterocycles. The molecule has 0 bridgehead atoms. The Kier molecular flexibility index (Phi) is 5.75. The van der Waals surface area contributed by atoms with Crippen LogP contribution in [-0.2, 0) is 0 Å². The standard InChI is InChI=1S/C23H20ClFN2O4S/c24-17-9-13(23(29)27-6-4-19(28)18(25)11-27)1-2-16(17)20-10-14(12-32-20)15-3-5-26-22-21(15)30-7-8-31-22/h1-3,5,9-10,12,18-19,28H,4,6-8,11H2/t18-,19?/m1/s1. The van der Waals surface area contributed by atoms with Crippen molar-refractivity contribution in [2.45, 2.75) is 18.7 Å². The molecule has 0 spiro atoms. The minimum absolute atomic E-state index is 0.115. The van der Waals surface area contributed by atoms with Gasteiger partial charge >= 0.3 is 0 Å². The fourth-order valence-corrected chi connectivity index (χ4v) is 5.19. The lowest BCUT2D eigenvalue weighted by Crippen LogP contribution is -2.47. The van der Waals surface area contributed by atoms with Crippen molar-refractivity contribution in [1.29, 1.82) is 0 Å². The Morgan fingerprint density at radius 2 is 2.06 bits per heavy atom. The Hall–Kier alpha value is -2.68. The van der Waals surface area contributed by atoms with E-state index in [1.54, 1.807) is 24.4 Å². The maximum Gasteiger partial charge on any atom is 0.257 e. The predicted octanol–water partition coefficient (Wildman–Crippen LogP) is 4.45. The fourth-order valence-electron chi connectivity index (χ4n) is 3.91. The molecule has 0 saturated carbocycles. The minimum Gasteiger partial charge on any atom is -0.484 e. The van der Waals surface area contributed by atoms with Gasteiger partial charge in [0.05, 0.1) is 17.7 Å². The highest BCUT2D eigenvalue weighted by Crippen LogP contribution is 2.42. The number of pyridine rings is 1. The zero-order valence-corrected chi connectivity index (χ0v) is 18.5. The zero-order valence-electron chi connectivity index (χ0n) is 17.0. The lowest BCUT2D eigenvalue weighted by Gasteiger charge is -2.32. The van der Waals surface area contributed by atoms with Gasteiger partial charge in [-0.3, -0.25) is 4.79 Å². The first kappa shape index (κ1) is 21.2. The number of benzene rings is 1. The molecule has 1 fully saturated rings. The number of aliphatic hydroxyl groups is 1. The van der Waals surface area contributed by atoms with Crippen molar-refractivity contribution >= 4 is 28.8 Å². The Morgan fingerprint density at radius 1 is 1.22 bits per heavy atom. The van der Waals surface area contributed by atoms with Crippen molar-refractivity contribution < 1.29 is 23.8 Å². The van der Waals surface area contributed by atoms with Crippen LogP contribution in [0.3, 0.4) is 0 Å². The fraction of sp³-hybridized carbons (Fsp3) is 0.304. The van der Waals surface area contributed by atoms with E-state index >= 15 is 0 Å². The second-order valence-corrected chi connectivity index (χ2v) is 9.03. The first-order chi connectivity index (χ1) is 15.5. The van der Waals surface area contributed by atoms with Crippen molar-refractivity contribution in [3.05, 3.63) is 52.5 Å². The van der Waals surface area contributed by atoms with Crippen LogP contribution in [0.2, 0.25) is 5.02 Å². The van der Waals surface area contributed by atoms with Gasteiger partial charge in [0.2, 0.25) is 0 Å². The number of hydrogen-bond acceptors (Lipinski definition) is 6. The molecule has 2 aromatic heterocycles. The number of halogens is 2. The van der Waals surface area contributed by atoms with E-state index in [0.29, 0.717) is 42.0 Å². The number of likely N-dealkylation sites (tertiary alicyclic amines) is 1. The number of ether oxygens (including phenoxy) is 2. The van der Waals surface area contributed by atoms with E-state index in [1.807, 2.05) is 17.5 Å². The normalized spacial score (nSPS) is 20.3. The molecule has 0 radical (unpaired) electrons. The lowest BCUT2D eigenvalue weighted by molar-refractivity contribution is 0.00826. The van der Waals surface area contributed by atoms with Crippen LogP contribution in [0.5, 0.6) is 11.6 Å². The first-order valence-electron chi connectivity index (χ1n) is 10.3. The first-order valence-corrected chi connectivity index (χ1v) is 11.5. The average molecular weight is 475 g/mol. The molecule has 3 aromatic rings. The van der Waals surface area contributed by atoms with Gasteiger partial charge in [-0.25, -0.2) is 9.37 Å². The summed E-state index contributed by atoms with van der Waals surface area (Å²) in [4.78, 5) is 19.3. The summed E-state index contributed by atoms with van der Waals surface area (Å²) >= 11 is 8.07. The second-order valence-electron chi connectivity index (χ2n) is 7.71. The predicted molar refractivity (Wildman–Crippen MR) is 120 cm³/mol. The molecule has 1 N–H and O–H groups in total. The zero-order chi connectivity index (χ0) is 22.2. The quantitative estimate of drug-likeness (QED) is 0.607. The summed E-state index contributed by atoms with van der Waals surface area (Å²) in [6.07, 6.45) is -0.527. The molecule has 1 unspecified atom stereocenters. The number of alkyl halides is 1. The van der Waals surface area contributed by atoms with Crippen molar-refractivity contribution in [2.75, 3.05) is 26.3 Å². The van der Waals surface area contributed by atoms with Crippen LogP contribution in [0.1, 0.15) is 16.8 Å². The number of rotatable bonds is 3. The van der Waals surface area contributed by atoms with Gasteiger partial charge in [-0.2, -0.15) is 0 Å². The number of fused-ring (bicyclic) bond motifs is 1. The van der Waals surface area contributed by atoms with Crippen LogP contribution in [0.15, 0.2) is 41.9 Å². The summed E-state index contributed by atoms with van der Waals surface area (Å²) in [7, 11) is 0. The summed E-state index contributed by atoms with van der Waals surface area (Å²) in [6.45, 7) is 1.15. The summed E-state index contributed by atoms with van der Waals surface area (Å²) in [5.74, 6) is 0.830. The van der Waals surface area contributed by atoms with Crippen LogP contribution in [-0.4, -0.2) is 59.5 Å². The van der Waals surface area contributed by atoms with E-state index in [-0.39, 0.29) is 18.9 Å². The molecule has 9 heteroatoms. The highest BCUT2D eigenvalue weighted by atomic mass is 35.5. The Bertz CT molecular complexity index is 1170. The van der Waals surface area contributed by atoms with Crippen molar-refractivity contribution in [2.24, 2.45) is 0 Å². The van der Waals surface area contributed by atoms with E-state index in [9.17, 15) is 14.3 Å². The maximum absolute atomic E-state index is 13.8. The van der Waals surface area contributed by atoms with Gasteiger partial charge in [0.25, 0.3) is 11.8 Å². The van der Waals surface area contributed by atoms with Crippen LogP contribution >= 0.6 is 22.9 Å². The molecule has 1 amide bonds. The molecular formula is C23H20ClFN2O4S. The van der Waals surface area contributed by atoms with Crippen LogP contribution < -0.4 is 9.47 Å². The molecule has 32 heavy (non-hydrogen) atoms. The molecular weight excluding hydrogens is 455 g/mol.